The maximum Gasteiger partial charge on any atom is 0.251 e. The summed E-state index contributed by atoms with van der Waals surface area (Å²) in [7, 11) is 0. The number of aliphatic hydroxyl groups excluding tert-OH is 1. The maximum atomic E-state index is 12.1. The van der Waals surface area contributed by atoms with Gasteiger partial charge in [0.2, 0.25) is 0 Å². The van der Waals surface area contributed by atoms with Gasteiger partial charge < -0.3 is 10.4 Å². The lowest BCUT2D eigenvalue weighted by Gasteiger charge is -2.32. The first-order chi connectivity index (χ1) is 13.8. The second-order valence-electron chi connectivity index (χ2n) is 8.53. The molecular weight excluding hydrogens is 378 g/mol. The van der Waals surface area contributed by atoms with Crippen molar-refractivity contribution in [2.24, 2.45) is 5.41 Å². The molecule has 1 aliphatic carbocycles. The lowest BCUT2D eigenvalue weighted by molar-refractivity contribution is 0.0945. The molecule has 1 aromatic carbocycles. The van der Waals surface area contributed by atoms with Crippen molar-refractivity contribution in [3.8, 4) is 0 Å². The van der Waals surface area contributed by atoms with Gasteiger partial charge in [-0.25, -0.2) is 0 Å². The second kappa shape index (κ2) is 9.10. The Bertz CT molecular complexity index is 991. The third kappa shape index (κ3) is 5.26. The van der Waals surface area contributed by atoms with Gasteiger partial charge in [-0.15, -0.1) is 11.3 Å². The Morgan fingerprint density at radius 3 is 2.83 bits per heavy atom. The molecule has 0 spiro atoms. The molecule has 4 heteroatoms. The third-order valence-electron chi connectivity index (χ3n) is 5.62. The first-order valence-corrected chi connectivity index (χ1v) is 11.1. The van der Waals surface area contributed by atoms with Crippen LogP contribution in [0.1, 0.15) is 62.2 Å². The van der Waals surface area contributed by atoms with Crippen LogP contribution in [0.25, 0.3) is 16.2 Å². The number of aliphatic hydroxyl groups is 1. The molecule has 3 rings (SSSR count). The Morgan fingerprint density at radius 1 is 1.31 bits per heavy atom. The van der Waals surface area contributed by atoms with Gasteiger partial charge in [0.05, 0.1) is 6.61 Å². The average molecular weight is 410 g/mol. The van der Waals surface area contributed by atoms with Crippen LogP contribution in [0.5, 0.6) is 0 Å². The van der Waals surface area contributed by atoms with Gasteiger partial charge in [-0.3, -0.25) is 4.79 Å². The highest BCUT2D eigenvalue weighted by atomic mass is 32.1. The normalized spacial score (nSPS) is 17.3. The Balaban J connectivity index is 1.79. The summed E-state index contributed by atoms with van der Waals surface area (Å²) in [5, 5.41) is 12.7. The van der Waals surface area contributed by atoms with Crippen LogP contribution in [0, 0.1) is 5.41 Å². The molecule has 3 nitrogen and oxygen atoms in total. The molecule has 0 atom stereocenters. The van der Waals surface area contributed by atoms with E-state index in [1.54, 1.807) is 11.3 Å². The molecule has 0 saturated carbocycles. The van der Waals surface area contributed by atoms with E-state index in [-0.39, 0.29) is 24.5 Å². The maximum absolute atomic E-state index is 12.1. The molecule has 29 heavy (non-hydrogen) atoms. The number of benzene rings is 1. The number of nitrogens with one attached hydrogen (secondary N) is 1. The number of carbonyl (C=O) groups excluding carboxylic acids is 1. The Hall–Kier alpha value is -2.17. The van der Waals surface area contributed by atoms with Crippen LogP contribution >= 0.6 is 11.3 Å². The van der Waals surface area contributed by atoms with E-state index >= 15 is 0 Å². The van der Waals surface area contributed by atoms with Gasteiger partial charge in [0.15, 0.2) is 0 Å². The third-order valence-corrected chi connectivity index (χ3v) is 6.67. The van der Waals surface area contributed by atoms with E-state index in [0.29, 0.717) is 5.56 Å². The van der Waals surface area contributed by atoms with Crippen LogP contribution in [0.3, 0.4) is 0 Å². The summed E-state index contributed by atoms with van der Waals surface area (Å²) in [4.78, 5) is 13.3. The monoisotopic (exact) mass is 409 g/mol. The van der Waals surface area contributed by atoms with Gasteiger partial charge in [0, 0.05) is 21.7 Å². The average Bonchev–Trinajstić information content (AvgIpc) is 3.06. The lowest BCUT2D eigenvalue weighted by Crippen LogP contribution is -2.26. The smallest absolute Gasteiger partial charge is 0.251 e. The molecular formula is C25H31NO2S. The quantitative estimate of drug-likeness (QED) is 0.566. The Kier molecular flexibility index (Phi) is 6.76. The van der Waals surface area contributed by atoms with Crippen molar-refractivity contribution in [3.63, 3.8) is 0 Å². The zero-order valence-electron chi connectivity index (χ0n) is 17.8. The van der Waals surface area contributed by atoms with Gasteiger partial charge in [0.1, 0.15) is 0 Å². The molecule has 0 bridgehead atoms. The minimum absolute atomic E-state index is 0.0532. The van der Waals surface area contributed by atoms with E-state index in [9.17, 15) is 4.79 Å². The number of amides is 1. The summed E-state index contributed by atoms with van der Waals surface area (Å²) in [5.74, 6) is -0.149. The lowest BCUT2D eigenvalue weighted by atomic mass is 9.72. The largest absolute Gasteiger partial charge is 0.395 e. The van der Waals surface area contributed by atoms with E-state index in [4.69, 9.17) is 5.11 Å². The van der Waals surface area contributed by atoms with Crippen LogP contribution in [0.15, 0.2) is 53.1 Å². The molecule has 0 unspecified atom stereocenters. The summed E-state index contributed by atoms with van der Waals surface area (Å²) >= 11 is 1.69. The molecule has 0 radical (unpaired) electrons. The summed E-state index contributed by atoms with van der Waals surface area (Å²) in [6.07, 6.45) is 10.5. The molecule has 2 N–H and O–H groups in total. The molecule has 0 aliphatic heterocycles. The SMILES string of the molecule is CC(C=CC1=C(C)CCCC1(C)C)=Cc1cc2ccc(C(=O)NCCO)cc2s1. The summed E-state index contributed by atoms with van der Waals surface area (Å²) < 4.78 is 1.09. The van der Waals surface area contributed by atoms with Crippen molar-refractivity contribution in [1.29, 1.82) is 0 Å². The van der Waals surface area contributed by atoms with Crippen LogP contribution < -0.4 is 5.32 Å². The van der Waals surface area contributed by atoms with E-state index in [1.807, 2.05) is 18.2 Å². The van der Waals surface area contributed by atoms with Gasteiger partial charge >= 0.3 is 0 Å². The fourth-order valence-electron chi connectivity index (χ4n) is 4.03. The fraction of sp³-hybridized carbons (Fsp3) is 0.400. The fourth-order valence-corrected chi connectivity index (χ4v) is 5.15. The highest BCUT2D eigenvalue weighted by Gasteiger charge is 2.26. The molecule has 1 amide bonds. The minimum atomic E-state index is -0.149. The Labute approximate surface area is 177 Å². The number of allylic oxidation sites excluding steroid dienone is 5. The van der Waals surface area contributed by atoms with Crippen LogP contribution in [0.4, 0.5) is 0 Å². The standard InChI is InChI=1S/C25H31NO2S/c1-17(7-10-22-18(2)6-5-11-25(22,3)4)14-21-15-19-8-9-20(16-23(19)29-21)24(28)26-12-13-27/h7-10,14-16,27H,5-6,11-13H2,1-4H3,(H,26,28). The number of thiophene rings is 1. The van der Waals surface area contributed by atoms with Gasteiger partial charge in [-0.1, -0.05) is 37.6 Å². The number of carbonyl (C=O) groups is 1. The Morgan fingerprint density at radius 2 is 2.10 bits per heavy atom. The van der Waals surface area contributed by atoms with Crippen molar-refractivity contribution in [2.75, 3.05) is 13.2 Å². The number of hydrogen-bond donors (Lipinski definition) is 2. The first-order valence-electron chi connectivity index (χ1n) is 10.3. The van der Waals surface area contributed by atoms with Crippen molar-refractivity contribution < 1.29 is 9.90 Å². The van der Waals surface area contributed by atoms with Crippen LogP contribution in [-0.4, -0.2) is 24.2 Å². The molecule has 1 aliphatic rings. The van der Waals surface area contributed by atoms with Crippen molar-refractivity contribution >= 4 is 33.4 Å². The van der Waals surface area contributed by atoms with E-state index < -0.39 is 0 Å². The van der Waals surface area contributed by atoms with E-state index in [2.05, 4.69) is 57.3 Å². The minimum Gasteiger partial charge on any atom is -0.395 e. The van der Waals surface area contributed by atoms with E-state index in [0.717, 1.165) is 10.1 Å². The first kappa shape index (κ1) is 21.5. The summed E-state index contributed by atoms with van der Waals surface area (Å²) in [5.41, 5.74) is 5.09. The summed E-state index contributed by atoms with van der Waals surface area (Å²) in [6.45, 7) is 9.31. The number of hydrogen-bond acceptors (Lipinski definition) is 3. The topological polar surface area (TPSA) is 49.3 Å². The number of rotatable bonds is 6. The molecule has 0 saturated heterocycles. The highest BCUT2D eigenvalue weighted by molar-refractivity contribution is 7.19. The molecule has 2 aromatic rings. The second-order valence-corrected chi connectivity index (χ2v) is 9.65. The molecule has 0 fully saturated rings. The molecule has 1 heterocycles. The zero-order chi connectivity index (χ0) is 21.0. The van der Waals surface area contributed by atoms with Gasteiger partial charge in [0.25, 0.3) is 5.91 Å². The summed E-state index contributed by atoms with van der Waals surface area (Å²) in [6, 6.07) is 7.92. The van der Waals surface area contributed by atoms with Crippen molar-refractivity contribution in [2.45, 2.75) is 47.0 Å². The number of fused-ring (bicyclic) bond motifs is 1. The van der Waals surface area contributed by atoms with Crippen LogP contribution in [0.2, 0.25) is 0 Å². The van der Waals surface area contributed by atoms with Gasteiger partial charge in [-0.05, 0) is 79.3 Å². The zero-order valence-corrected chi connectivity index (χ0v) is 18.7. The van der Waals surface area contributed by atoms with Crippen LogP contribution in [-0.2, 0) is 0 Å². The van der Waals surface area contributed by atoms with Crippen molar-refractivity contribution in [1.82, 2.24) is 5.32 Å². The molecule has 154 valence electrons. The predicted molar refractivity (Wildman–Crippen MR) is 124 cm³/mol. The van der Waals surface area contributed by atoms with E-state index in [1.165, 1.54) is 40.9 Å². The predicted octanol–water partition coefficient (Wildman–Crippen LogP) is 6.11. The van der Waals surface area contributed by atoms with Gasteiger partial charge in [-0.2, -0.15) is 0 Å². The molecule has 1 aromatic heterocycles. The van der Waals surface area contributed by atoms with Crippen molar-refractivity contribution in [3.05, 3.63) is 63.6 Å². The highest BCUT2D eigenvalue weighted by Crippen LogP contribution is 2.40.